The van der Waals surface area contributed by atoms with Crippen LogP contribution in [-0.4, -0.2) is 45.6 Å². The van der Waals surface area contributed by atoms with Crippen molar-refractivity contribution in [2.45, 2.75) is 89.0 Å². The lowest BCUT2D eigenvalue weighted by Crippen LogP contribution is -2.43. The first kappa shape index (κ1) is 25.5. The second kappa shape index (κ2) is 9.61. The number of alkyl halides is 3. The van der Waals surface area contributed by atoms with Gasteiger partial charge in [-0.3, -0.25) is 15.1 Å². The first-order valence-corrected chi connectivity index (χ1v) is 12.9. The fraction of sp³-hybridized carbons (Fsp3) is 0.556. The summed E-state index contributed by atoms with van der Waals surface area (Å²) in [5.74, 6) is 1.23. The minimum Gasteiger partial charge on any atom is -0.457 e. The molecule has 7 nitrogen and oxygen atoms in total. The van der Waals surface area contributed by atoms with Gasteiger partial charge in [0.2, 0.25) is 5.91 Å². The van der Waals surface area contributed by atoms with Crippen molar-refractivity contribution in [1.29, 1.82) is 5.41 Å². The molecule has 0 saturated heterocycles. The molecule has 1 aliphatic heterocycles. The zero-order valence-corrected chi connectivity index (χ0v) is 21.1. The van der Waals surface area contributed by atoms with Crippen molar-refractivity contribution < 1.29 is 22.7 Å². The Kier molecular flexibility index (Phi) is 6.62. The van der Waals surface area contributed by atoms with E-state index in [4.69, 9.17) is 10.1 Å². The summed E-state index contributed by atoms with van der Waals surface area (Å²) in [4.78, 5) is 24.9. The number of carbonyl (C=O) groups excluding carboxylic acids is 1. The number of aromatic nitrogens is 2. The third-order valence-electron chi connectivity index (χ3n) is 7.71. The maximum absolute atomic E-state index is 13.5. The SMILES string of the molecule is CC(C)N(CC(F)(F)F)C(=N)OCc1ncc2c(n1)N(c1ccc(C3CCCCC3)cc1)C(=O)C21CC1. The van der Waals surface area contributed by atoms with Crippen molar-refractivity contribution in [3.05, 3.63) is 47.4 Å². The number of anilines is 2. The van der Waals surface area contributed by atoms with Crippen molar-refractivity contribution in [2.75, 3.05) is 11.4 Å². The van der Waals surface area contributed by atoms with Crippen molar-refractivity contribution in [3.63, 3.8) is 0 Å². The number of amidine groups is 1. The Hall–Kier alpha value is -3.17. The lowest BCUT2D eigenvalue weighted by atomic mass is 9.84. The van der Waals surface area contributed by atoms with Crippen LogP contribution in [0.1, 0.15) is 81.7 Å². The molecule has 10 heteroatoms. The molecule has 0 radical (unpaired) electrons. The van der Waals surface area contributed by atoms with Crippen LogP contribution in [0.3, 0.4) is 0 Å². The molecule has 3 aliphatic rings. The molecular formula is C27H32F3N5O2. The second-order valence-corrected chi connectivity index (χ2v) is 10.6. The highest BCUT2D eigenvalue weighted by Crippen LogP contribution is 2.58. The quantitative estimate of drug-likeness (QED) is 0.379. The van der Waals surface area contributed by atoms with Crippen LogP contribution in [0.4, 0.5) is 24.7 Å². The van der Waals surface area contributed by atoms with Gasteiger partial charge in [-0.1, -0.05) is 31.4 Å². The average molecular weight is 516 g/mol. The number of rotatable bonds is 6. The zero-order valence-electron chi connectivity index (χ0n) is 21.1. The molecule has 1 spiro atoms. The molecule has 5 rings (SSSR count). The lowest BCUT2D eigenvalue weighted by Gasteiger charge is -2.28. The molecule has 2 aromatic rings. The molecule has 37 heavy (non-hydrogen) atoms. The van der Waals surface area contributed by atoms with Crippen LogP contribution >= 0.6 is 0 Å². The third-order valence-corrected chi connectivity index (χ3v) is 7.71. The van der Waals surface area contributed by atoms with Gasteiger partial charge in [-0.2, -0.15) is 13.2 Å². The highest BCUT2D eigenvalue weighted by molar-refractivity contribution is 6.13. The van der Waals surface area contributed by atoms with E-state index in [0.717, 1.165) is 29.0 Å². The fourth-order valence-electron chi connectivity index (χ4n) is 5.49. The van der Waals surface area contributed by atoms with Gasteiger partial charge in [0.1, 0.15) is 12.4 Å². The summed E-state index contributed by atoms with van der Waals surface area (Å²) in [5.41, 5.74) is 2.21. The zero-order chi connectivity index (χ0) is 26.4. The van der Waals surface area contributed by atoms with Crippen LogP contribution in [0, 0.1) is 5.41 Å². The molecule has 198 valence electrons. The van der Waals surface area contributed by atoms with Crippen LogP contribution in [0.2, 0.25) is 0 Å². The molecule has 0 atom stereocenters. The van der Waals surface area contributed by atoms with Gasteiger partial charge in [0.05, 0.1) is 11.1 Å². The number of carbonyl (C=O) groups is 1. The van der Waals surface area contributed by atoms with Crippen LogP contribution < -0.4 is 4.90 Å². The van der Waals surface area contributed by atoms with E-state index >= 15 is 0 Å². The standard InChI is InChI=1S/C27H32F3N5O2/c1-17(2)34(16-27(28,29)30)25(31)37-15-22-32-14-21-23(33-22)35(24(36)26(21)12-13-26)20-10-8-19(9-11-20)18-6-4-3-5-7-18/h8-11,14,17-18,31H,3-7,12-13,15-16H2,1-2H3. The summed E-state index contributed by atoms with van der Waals surface area (Å²) in [6.07, 6.45) is 4.80. The molecule has 0 bridgehead atoms. The Balaban J connectivity index is 1.35. The van der Waals surface area contributed by atoms with Crippen molar-refractivity contribution >= 4 is 23.4 Å². The Morgan fingerprint density at radius 2 is 1.86 bits per heavy atom. The number of amides is 1. The van der Waals surface area contributed by atoms with Crippen LogP contribution in [-0.2, 0) is 21.6 Å². The minimum absolute atomic E-state index is 0.0239. The first-order valence-electron chi connectivity index (χ1n) is 12.9. The van der Waals surface area contributed by atoms with Crippen LogP contribution in [0.5, 0.6) is 0 Å². The van der Waals surface area contributed by atoms with Gasteiger partial charge in [0.25, 0.3) is 6.02 Å². The molecule has 2 aliphatic carbocycles. The third kappa shape index (κ3) is 5.02. The maximum atomic E-state index is 13.5. The highest BCUT2D eigenvalue weighted by atomic mass is 19.4. The van der Waals surface area contributed by atoms with Gasteiger partial charge in [0, 0.05) is 17.8 Å². The van der Waals surface area contributed by atoms with Crippen LogP contribution in [0.15, 0.2) is 30.5 Å². The van der Waals surface area contributed by atoms with E-state index in [-0.39, 0.29) is 18.3 Å². The maximum Gasteiger partial charge on any atom is 0.406 e. The van der Waals surface area contributed by atoms with Gasteiger partial charge in [-0.25, -0.2) is 9.97 Å². The lowest BCUT2D eigenvalue weighted by molar-refractivity contribution is -0.142. The molecular weight excluding hydrogens is 483 g/mol. The van der Waals surface area contributed by atoms with Gasteiger partial charge >= 0.3 is 6.18 Å². The highest BCUT2D eigenvalue weighted by Gasteiger charge is 2.60. The Bertz CT molecular complexity index is 1170. The van der Waals surface area contributed by atoms with E-state index in [1.54, 1.807) is 24.9 Å². The number of benzene rings is 1. The van der Waals surface area contributed by atoms with Crippen LogP contribution in [0.25, 0.3) is 0 Å². The smallest absolute Gasteiger partial charge is 0.406 e. The monoisotopic (exact) mass is 515 g/mol. The summed E-state index contributed by atoms with van der Waals surface area (Å²) < 4.78 is 44.2. The number of hydrogen-bond acceptors (Lipinski definition) is 5. The molecule has 1 aromatic heterocycles. The fourth-order valence-corrected chi connectivity index (χ4v) is 5.49. The van der Waals surface area contributed by atoms with Gasteiger partial charge in [-0.05, 0) is 63.1 Å². The largest absolute Gasteiger partial charge is 0.457 e. The number of nitrogens with zero attached hydrogens (tertiary/aromatic N) is 4. The topological polar surface area (TPSA) is 82.4 Å². The number of halogens is 3. The van der Waals surface area contributed by atoms with Gasteiger partial charge in [0.15, 0.2) is 12.4 Å². The van der Waals surface area contributed by atoms with E-state index in [9.17, 15) is 18.0 Å². The Labute approximate surface area is 214 Å². The molecule has 0 unspecified atom stereocenters. The predicted octanol–water partition coefficient (Wildman–Crippen LogP) is 5.96. The van der Waals surface area contributed by atoms with E-state index in [1.165, 1.54) is 37.7 Å². The summed E-state index contributed by atoms with van der Waals surface area (Å²) in [7, 11) is 0. The molecule has 2 fully saturated rings. The van der Waals surface area contributed by atoms with E-state index in [2.05, 4.69) is 22.1 Å². The van der Waals surface area contributed by atoms with Crippen molar-refractivity contribution in [2.24, 2.45) is 0 Å². The molecule has 2 heterocycles. The summed E-state index contributed by atoms with van der Waals surface area (Å²) in [6.45, 7) is 1.57. The number of ether oxygens (including phenoxy) is 1. The van der Waals surface area contributed by atoms with E-state index < -0.39 is 30.2 Å². The van der Waals surface area contributed by atoms with Gasteiger partial charge < -0.3 is 9.64 Å². The normalized spacial score (nSPS) is 18.9. The number of nitrogens with one attached hydrogen (secondary N) is 1. The van der Waals surface area contributed by atoms with Crippen molar-refractivity contribution in [1.82, 2.24) is 14.9 Å². The second-order valence-electron chi connectivity index (χ2n) is 10.6. The summed E-state index contributed by atoms with van der Waals surface area (Å²) >= 11 is 0. The van der Waals surface area contributed by atoms with Crippen molar-refractivity contribution in [3.8, 4) is 0 Å². The first-order chi connectivity index (χ1) is 17.6. The van der Waals surface area contributed by atoms with E-state index in [1.807, 2.05) is 12.1 Å². The predicted molar refractivity (Wildman–Crippen MR) is 133 cm³/mol. The molecule has 1 amide bonds. The minimum atomic E-state index is -4.46. The molecule has 2 saturated carbocycles. The Morgan fingerprint density at radius 1 is 1.19 bits per heavy atom. The number of fused-ring (bicyclic) bond motifs is 2. The van der Waals surface area contributed by atoms with E-state index in [0.29, 0.717) is 11.7 Å². The Morgan fingerprint density at radius 3 is 2.46 bits per heavy atom. The average Bonchev–Trinajstić information content (AvgIpc) is 3.64. The summed E-state index contributed by atoms with van der Waals surface area (Å²) in [6, 6.07) is 6.97. The molecule has 1 N–H and O–H groups in total. The number of hydrogen-bond donors (Lipinski definition) is 1. The summed E-state index contributed by atoms with van der Waals surface area (Å²) in [5, 5.41) is 8.03. The molecule has 1 aromatic carbocycles. The van der Waals surface area contributed by atoms with Gasteiger partial charge in [-0.15, -0.1) is 0 Å².